The lowest BCUT2D eigenvalue weighted by Crippen LogP contribution is -1.97. The van der Waals surface area contributed by atoms with Gasteiger partial charge in [-0.3, -0.25) is 4.79 Å². The Balaban J connectivity index is 3.18. The summed E-state index contributed by atoms with van der Waals surface area (Å²) in [6, 6.07) is 0. The Morgan fingerprint density at radius 3 is 2.88 bits per heavy atom. The summed E-state index contributed by atoms with van der Waals surface area (Å²) in [6.45, 7) is 3.45. The van der Waals surface area contributed by atoms with E-state index in [-0.39, 0.29) is 5.78 Å². The third-order valence-corrected chi connectivity index (χ3v) is 1.29. The van der Waals surface area contributed by atoms with Crippen LogP contribution in [0.3, 0.4) is 0 Å². The number of hydrogen-bond acceptors (Lipinski definition) is 2. The monoisotopic (exact) mass is 130 g/mol. The Bertz CT molecular complexity index is 88.5. The highest BCUT2D eigenvalue weighted by Crippen LogP contribution is 1.94. The quantitative estimate of drug-likeness (QED) is 0.536. The molecule has 46 valence electrons. The Kier molecular flexibility index (Phi) is 4.76. The fraction of sp³-hybridized carbons (Fsp3) is 0.500. The molecule has 0 atom stereocenters. The van der Waals surface area contributed by atoms with E-state index in [4.69, 9.17) is 0 Å². The first-order valence-electron chi connectivity index (χ1n) is 2.42. The Hall–Kier alpha value is -0.240. The summed E-state index contributed by atoms with van der Waals surface area (Å²) in [5.74, 6) is 0.874. The fourth-order valence-electron chi connectivity index (χ4n) is 0.381. The summed E-state index contributed by atoms with van der Waals surface area (Å²) in [5.41, 5.74) is 0. The Labute approximate surface area is 54.2 Å². The highest BCUT2D eigenvalue weighted by atomic mass is 32.2. The normalized spacial score (nSPS) is 8.62. The van der Waals surface area contributed by atoms with Crippen molar-refractivity contribution in [2.24, 2.45) is 0 Å². The molecule has 0 unspecified atom stereocenters. The molecular weight excluding hydrogens is 120 g/mol. The zero-order valence-electron chi connectivity index (χ0n) is 5.02. The van der Waals surface area contributed by atoms with E-state index in [2.05, 4.69) is 6.58 Å². The molecule has 0 aliphatic carbocycles. The molecule has 0 aliphatic heterocycles. The molecule has 0 rings (SSSR count). The number of carbonyl (C=O) groups is 1. The second-order valence-electron chi connectivity index (χ2n) is 1.46. The van der Waals surface area contributed by atoms with Crippen molar-refractivity contribution < 1.29 is 4.79 Å². The molecule has 0 aromatic rings. The lowest BCUT2D eigenvalue weighted by Gasteiger charge is -1.88. The first-order chi connectivity index (χ1) is 3.81. The third-order valence-electron chi connectivity index (χ3n) is 0.677. The Morgan fingerprint density at radius 1 is 1.88 bits per heavy atom. The number of hydrogen-bond donors (Lipinski definition) is 0. The molecule has 0 aliphatic rings. The van der Waals surface area contributed by atoms with Crippen molar-refractivity contribution in [2.45, 2.75) is 6.42 Å². The molecule has 0 fully saturated rings. The lowest BCUT2D eigenvalue weighted by atomic mass is 10.3. The van der Waals surface area contributed by atoms with Gasteiger partial charge in [-0.2, -0.15) is 11.8 Å². The van der Waals surface area contributed by atoms with Crippen LogP contribution in [-0.2, 0) is 4.79 Å². The average Bonchev–Trinajstić information content (AvgIpc) is 1.68. The van der Waals surface area contributed by atoms with Gasteiger partial charge in [0.1, 0.15) is 5.78 Å². The summed E-state index contributed by atoms with van der Waals surface area (Å²) in [7, 11) is 0. The SMILES string of the molecule is C=CCC(=O)CSC. The zero-order valence-corrected chi connectivity index (χ0v) is 5.83. The van der Waals surface area contributed by atoms with Gasteiger partial charge >= 0.3 is 0 Å². The van der Waals surface area contributed by atoms with E-state index in [1.807, 2.05) is 6.26 Å². The molecular formula is C6H10OS. The maximum atomic E-state index is 10.6. The molecule has 0 radical (unpaired) electrons. The van der Waals surface area contributed by atoms with Crippen LogP contribution >= 0.6 is 11.8 Å². The second kappa shape index (κ2) is 4.91. The molecule has 1 nitrogen and oxygen atoms in total. The van der Waals surface area contributed by atoms with Crippen molar-refractivity contribution >= 4 is 17.5 Å². The van der Waals surface area contributed by atoms with Gasteiger partial charge in [-0.15, -0.1) is 6.58 Å². The van der Waals surface area contributed by atoms with Gasteiger partial charge in [0.15, 0.2) is 0 Å². The first-order valence-corrected chi connectivity index (χ1v) is 3.82. The fourth-order valence-corrected chi connectivity index (χ4v) is 0.821. The van der Waals surface area contributed by atoms with Crippen LogP contribution in [0.25, 0.3) is 0 Å². The number of ketones is 1. The van der Waals surface area contributed by atoms with Gasteiger partial charge in [-0.05, 0) is 6.26 Å². The predicted molar refractivity (Wildman–Crippen MR) is 38.2 cm³/mol. The van der Waals surface area contributed by atoms with Gasteiger partial charge in [-0.25, -0.2) is 0 Å². The van der Waals surface area contributed by atoms with E-state index >= 15 is 0 Å². The summed E-state index contributed by atoms with van der Waals surface area (Å²) in [6.07, 6.45) is 4.07. The highest BCUT2D eigenvalue weighted by molar-refractivity contribution is 7.99. The molecule has 0 heterocycles. The smallest absolute Gasteiger partial charge is 0.146 e. The van der Waals surface area contributed by atoms with Crippen LogP contribution in [0.2, 0.25) is 0 Å². The maximum Gasteiger partial charge on any atom is 0.146 e. The van der Waals surface area contributed by atoms with Gasteiger partial charge in [0, 0.05) is 6.42 Å². The van der Waals surface area contributed by atoms with Crippen molar-refractivity contribution in [3.63, 3.8) is 0 Å². The molecule has 0 saturated carbocycles. The van der Waals surface area contributed by atoms with Crippen LogP contribution in [-0.4, -0.2) is 17.8 Å². The van der Waals surface area contributed by atoms with E-state index in [1.54, 1.807) is 17.8 Å². The van der Waals surface area contributed by atoms with Gasteiger partial charge in [0.05, 0.1) is 5.75 Å². The van der Waals surface area contributed by atoms with Gasteiger partial charge in [0.25, 0.3) is 0 Å². The summed E-state index contributed by atoms with van der Waals surface area (Å²) in [4.78, 5) is 10.6. The summed E-state index contributed by atoms with van der Waals surface area (Å²) >= 11 is 1.55. The molecule has 0 bridgehead atoms. The van der Waals surface area contributed by atoms with E-state index < -0.39 is 0 Å². The van der Waals surface area contributed by atoms with Crippen LogP contribution in [0, 0.1) is 0 Å². The Morgan fingerprint density at radius 2 is 2.50 bits per heavy atom. The summed E-state index contributed by atoms with van der Waals surface area (Å²) < 4.78 is 0. The zero-order chi connectivity index (χ0) is 6.41. The largest absolute Gasteiger partial charge is 0.298 e. The molecule has 2 heteroatoms. The summed E-state index contributed by atoms with van der Waals surface area (Å²) in [5, 5.41) is 0. The molecule has 8 heavy (non-hydrogen) atoms. The van der Waals surface area contributed by atoms with Crippen LogP contribution < -0.4 is 0 Å². The van der Waals surface area contributed by atoms with Gasteiger partial charge in [0.2, 0.25) is 0 Å². The van der Waals surface area contributed by atoms with Gasteiger partial charge < -0.3 is 0 Å². The average molecular weight is 130 g/mol. The van der Waals surface area contributed by atoms with Crippen molar-refractivity contribution in [1.82, 2.24) is 0 Å². The number of carbonyl (C=O) groups excluding carboxylic acids is 1. The molecule has 0 saturated heterocycles. The predicted octanol–water partition coefficient (Wildman–Crippen LogP) is 1.49. The first kappa shape index (κ1) is 7.76. The van der Waals surface area contributed by atoms with Crippen molar-refractivity contribution in [2.75, 3.05) is 12.0 Å². The van der Waals surface area contributed by atoms with Crippen molar-refractivity contribution in [3.8, 4) is 0 Å². The second-order valence-corrected chi connectivity index (χ2v) is 2.33. The molecule has 0 spiro atoms. The highest BCUT2D eigenvalue weighted by Gasteiger charge is 1.93. The molecule has 0 amide bonds. The number of thioether (sulfide) groups is 1. The van der Waals surface area contributed by atoms with E-state index in [1.165, 1.54) is 0 Å². The topological polar surface area (TPSA) is 17.1 Å². The van der Waals surface area contributed by atoms with Gasteiger partial charge in [-0.1, -0.05) is 6.08 Å². The van der Waals surface area contributed by atoms with Crippen LogP contribution in [0.15, 0.2) is 12.7 Å². The molecule has 0 aromatic carbocycles. The van der Waals surface area contributed by atoms with Crippen LogP contribution in [0.5, 0.6) is 0 Å². The minimum absolute atomic E-state index is 0.257. The minimum atomic E-state index is 0.257. The maximum absolute atomic E-state index is 10.6. The third kappa shape index (κ3) is 3.93. The molecule has 0 N–H and O–H groups in total. The van der Waals surface area contributed by atoms with Crippen LogP contribution in [0.4, 0.5) is 0 Å². The van der Waals surface area contributed by atoms with Crippen molar-refractivity contribution in [1.29, 1.82) is 0 Å². The van der Waals surface area contributed by atoms with E-state index in [0.29, 0.717) is 12.2 Å². The minimum Gasteiger partial charge on any atom is -0.298 e. The van der Waals surface area contributed by atoms with E-state index in [0.717, 1.165) is 0 Å². The van der Waals surface area contributed by atoms with Crippen molar-refractivity contribution in [3.05, 3.63) is 12.7 Å². The van der Waals surface area contributed by atoms with Crippen LogP contribution in [0.1, 0.15) is 6.42 Å². The number of rotatable bonds is 4. The number of allylic oxidation sites excluding steroid dienone is 1. The number of Topliss-reactive ketones (excluding diaryl/α,β-unsaturated/α-hetero) is 1. The molecule has 0 aromatic heterocycles. The van der Waals surface area contributed by atoms with E-state index in [9.17, 15) is 4.79 Å². The lowest BCUT2D eigenvalue weighted by molar-refractivity contribution is -0.115. The standard InChI is InChI=1S/C6H10OS/c1-3-4-6(7)5-8-2/h3H,1,4-5H2,2H3.